The SMILES string of the molecule is N/C(CCCOc1ccc(Oc2ccccc2)cc1)=N\O. The van der Waals surface area contributed by atoms with Crippen LogP contribution < -0.4 is 15.2 Å². The lowest BCUT2D eigenvalue weighted by atomic mass is 10.3. The molecule has 0 spiro atoms. The molecule has 0 bridgehead atoms. The molecule has 0 aliphatic rings. The van der Waals surface area contributed by atoms with Crippen molar-refractivity contribution in [3.05, 3.63) is 54.6 Å². The molecule has 5 nitrogen and oxygen atoms in total. The van der Waals surface area contributed by atoms with Crippen LogP contribution in [0, 0.1) is 0 Å². The second kappa shape index (κ2) is 7.79. The Labute approximate surface area is 123 Å². The Morgan fingerprint density at radius 1 is 0.952 bits per heavy atom. The third-order valence-corrected chi connectivity index (χ3v) is 2.78. The number of ether oxygens (including phenoxy) is 2. The van der Waals surface area contributed by atoms with Gasteiger partial charge in [-0.3, -0.25) is 0 Å². The summed E-state index contributed by atoms with van der Waals surface area (Å²) in [6, 6.07) is 17.0. The molecule has 110 valence electrons. The van der Waals surface area contributed by atoms with Gasteiger partial charge in [-0.2, -0.15) is 0 Å². The van der Waals surface area contributed by atoms with Crippen molar-refractivity contribution in [3.63, 3.8) is 0 Å². The Bertz CT molecular complexity index is 568. The smallest absolute Gasteiger partial charge is 0.139 e. The minimum Gasteiger partial charge on any atom is -0.494 e. The molecule has 0 saturated carbocycles. The molecule has 0 fully saturated rings. The average molecular weight is 286 g/mol. The third kappa shape index (κ3) is 5.06. The molecular formula is C16H18N2O3. The summed E-state index contributed by atoms with van der Waals surface area (Å²) < 4.78 is 11.2. The zero-order chi connectivity index (χ0) is 14.9. The Morgan fingerprint density at radius 3 is 2.24 bits per heavy atom. The van der Waals surface area contributed by atoms with Crippen LogP contribution in [0.25, 0.3) is 0 Å². The molecule has 2 aromatic rings. The topological polar surface area (TPSA) is 77.1 Å². The molecule has 5 heteroatoms. The summed E-state index contributed by atoms with van der Waals surface area (Å²) in [4.78, 5) is 0. The fourth-order valence-corrected chi connectivity index (χ4v) is 1.72. The number of benzene rings is 2. The first-order valence-corrected chi connectivity index (χ1v) is 6.70. The van der Waals surface area contributed by atoms with Gasteiger partial charge >= 0.3 is 0 Å². The molecule has 0 atom stereocenters. The lowest BCUT2D eigenvalue weighted by Crippen LogP contribution is -2.12. The van der Waals surface area contributed by atoms with Gasteiger partial charge in [0, 0.05) is 6.42 Å². The van der Waals surface area contributed by atoms with Gasteiger partial charge in [-0.05, 0) is 42.8 Å². The van der Waals surface area contributed by atoms with Crippen LogP contribution in [-0.2, 0) is 0 Å². The molecule has 0 unspecified atom stereocenters. The summed E-state index contributed by atoms with van der Waals surface area (Å²) in [5, 5.41) is 11.3. The van der Waals surface area contributed by atoms with E-state index in [9.17, 15) is 0 Å². The lowest BCUT2D eigenvalue weighted by Gasteiger charge is -2.08. The van der Waals surface area contributed by atoms with Crippen LogP contribution in [0.2, 0.25) is 0 Å². The van der Waals surface area contributed by atoms with Crippen LogP contribution in [0.5, 0.6) is 17.2 Å². The average Bonchev–Trinajstić information content (AvgIpc) is 2.54. The maximum absolute atomic E-state index is 8.41. The fraction of sp³-hybridized carbons (Fsp3) is 0.188. The molecule has 0 amide bonds. The molecule has 3 N–H and O–H groups in total. The van der Waals surface area contributed by atoms with Gasteiger partial charge in [0.15, 0.2) is 0 Å². The Hall–Kier alpha value is -2.69. The number of hydrogen-bond donors (Lipinski definition) is 2. The predicted octanol–water partition coefficient (Wildman–Crippen LogP) is 3.38. The van der Waals surface area contributed by atoms with E-state index in [0.29, 0.717) is 19.4 Å². The van der Waals surface area contributed by atoms with E-state index in [2.05, 4.69) is 5.16 Å². The monoisotopic (exact) mass is 286 g/mol. The summed E-state index contributed by atoms with van der Waals surface area (Å²) >= 11 is 0. The van der Waals surface area contributed by atoms with E-state index in [4.69, 9.17) is 20.4 Å². The Balaban J connectivity index is 1.79. The van der Waals surface area contributed by atoms with Crippen molar-refractivity contribution in [1.29, 1.82) is 0 Å². The Kier molecular flexibility index (Phi) is 5.46. The maximum atomic E-state index is 8.41. The van der Waals surface area contributed by atoms with Crippen LogP contribution in [-0.4, -0.2) is 17.6 Å². The molecule has 2 rings (SSSR count). The zero-order valence-electron chi connectivity index (χ0n) is 11.6. The second-order valence-corrected chi connectivity index (χ2v) is 4.43. The van der Waals surface area contributed by atoms with Crippen molar-refractivity contribution in [1.82, 2.24) is 0 Å². The number of hydrogen-bond acceptors (Lipinski definition) is 4. The Morgan fingerprint density at radius 2 is 1.57 bits per heavy atom. The molecule has 0 aliphatic carbocycles. The molecule has 21 heavy (non-hydrogen) atoms. The van der Waals surface area contributed by atoms with Crippen LogP contribution >= 0.6 is 0 Å². The highest BCUT2D eigenvalue weighted by atomic mass is 16.5. The van der Waals surface area contributed by atoms with Crippen LogP contribution in [0.4, 0.5) is 0 Å². The van der Waals surface area contributed by atoms with Gasteiger partial charge < -0.3 is 20.4 Å². The standard InChI is InChI=1S/C16H18N2O3/c17-16(18-19)7-4-12-20-13-8-10-15(11-9-13)21-14-5-2-1-3-6-14/h1-3,5-6,8-11,19H,4,7,12H2,(H2,17,18). The van der Waals surface area contributed by atoms with Gasteiger partial charge in [0.2, 0.25) is 0 Å². The van der Waals surface area contributed by atoms with E-state index in [-0.39, 0.29) is 5.84 Å². The fourth-order valence-electron chi connectivity index (χ4n) is 1.72. The van der Waals surface area contributed by atoms with Gasteiger partial charge in [-0.25, -0.2) is 0 Å². The first-order valence-electron chi connectivity index (χ1n) is 6.70. The van der Waals surface area contributed by atoms with Crippen LogP contribution in [0.3, 0.4) is 0 Å². The van der Waals surface area contributed by atoms with Crippen molar-refractivity contribution in [2.24, 2.45) is 10.9 Å². The number of nitrogens with two attached hydrogens (primary N) is 1. The molecule has 0 aromatic heterocycles. The van der Waals surface area contributed by atoms with Crippen molar-refractivity contribution >= 4 is 5.84 Å². The quantitative estimate of drug-likeness (QED) is 0.269. The molecule has 2 aromatic carbocycles. The van der Waals surface area contributed by atoms with Crippen LogP contribution in [0.15, 0.2) is 59.8 Å². The lowest BCUT2D eigenvalue weighted by molar-refractivity contribution is 0.305. The van der Waals surface area contributed by atoms with Gasteiger partial charge in [0.05, 0.1) is 6.61 Å². The first-order chi connectivity index (χ1) is 10.3. The first kappa shape index (κ1) is 14.7. The molecule has 0 saturated heterocycles. The van der Waals surface area contributed by atoms with E-state index in [0.717, 1.165) is 17.2 Å². The summed E-state index contributed by atoms with van der Waals surface area (Å²) in [7, 11) is 0. The van der Waals surface area contributed by atoms with E-state index in [1.54, 1.807) is 0 Å². The number of amidine groups is 1. The number of oxime groups is 1. The molecule has 0 aliphatic heterocycles. The van der Waals surface area contributed by atoms with Gasteiger partial charge in [-0.15, -0.1) is 0 Å². The van der Waals surface area contributed by atoms with Crippen molar-refractivity contribution in [2.75, 3.05) is 6.61 Å². The highest BCUT2D eigenvalue weighted by Gasteiger charge is 1.99. The second-order valence-electron chi connectivity index (χ2n) is 4.43. The highest BCUT2D eigenvalue weighted by Crippen LogP contribution is 2.23. The maximum Gasteiger partial charge on any atom is 0.139 e. The molecule has 0 heterocycles. The van der Waals surface area contributed by atoms with Crippen molar-refractivity contribution in [3.8, 4) is 17.2 Å². The van der Waals surface area contributed by atoms with Gasteiger partial charge in [0.1, 0.15) is 23.1 Å². The summed E-state index contributed by atoms with van der Waals surface area (Å²) in [5.74, 6) is 2.52. The number of nitrogens with zero attached hydrogens (tertiary/aromatic N) is 1. The van der Waals surface area contributed by atoms with E-state index in [1.165, 1.54) is 0 Å². The minimum atomic E-state index is 0.213. The van der Waals surface area contributed by atoms with Gasteiger partial charge in [0.25, 0.3) is 0 Å². The summed E-state index contributed by atoms with van der Waals surface area (Å²) in [5.41, 5.74) is 5.37. The zero-order valence-corrected chi connectivity index (χ0v) is 11.6. The van der Waals surface area contributed by atoms with Gasteiger partial charge in [-0.1, -0.05) is 23.4 Å². The normalized spacial score (nSPS) is 11.1. The van der Waals surface area contributed by atoms with Crippen molar-refractivity contribution in [2.45, 2.75) is 12.8 Å². The van der Waals surface area contributed by atoms with E-state index >= 15 is 0 Å². The largest absolute Gasteiger partial charge is 0.494 e. The number of rotatable bonds is 7. The van der Waals surface area contributed by atoms with Crippen molar-refractivity contribution < 1.29 is 14.7 Å². The van der Waals surface area contributed by atoms with E-state index in [1.807, 2.05) is 54.6 Å². The predicted molar refractivity (Wildman–Crippen MR) is 81.1 cm³/mol. The van der Waals surface area contributed by atoms with E-state index < -0.39 is 0 Å². The molecule has 0 radical (unpaired) electrons. The van der Waals surface area contributed by atoms with Crippen LogP contribution in [0.1, 0.15) is 12.8 Å². The minimum absolute atomic E-state index is 0.213. The summed E-state index contributed by atoms with van der Waals surface area (Å²) in [6.07, 6.45) is 1.20. The number of para-hydroxylation sites is 1. The third-order valence-electron chi connectivity index (χ3n) is 2.78. The summed E-state index contributed by atoms with van der Waals surface area (Å²) in [6.45, 7) is 0.509. The molecular weight excluding hydrogens is 268 g/mol. The highest BCUT2D eigenvalue weighted by molar-refractivity contribution is 5.79.